The third-order valence-electron chi connectivity index (χ3n) is 7.74. The van der Waals surface area contributed by atoms with Gasteiger partial charge in [0.2, 0.25) is 41.4 Å². The van der Waals surface area contributed by atoms with Crippen LogP contribution in [0.1, 0.15) is 46.5 Å². The molecule has 0 aromatic rings. The number of nitrogens with one attached hydrogen (secondary N) is 5. The number of likely N-dealkylation sites (tertiary alicyclic amines) is 1. The van der Waals surface area contributed by atoms with Crippen molar-refractivity contribution in [2.75, 3.05) is 31.8 Å². The number of primary amides is 1. The number of aliphatic hydroxyl groups is 3. The normalized spacial score (nSPS) is 18.4. The van der Waals surface area contributed by atoms with Gasteiger partial charge in [0.15, 0.2) is 0 Å². The maximum absolute atomic E-state index is 13.3. The van der Waals surface area contributed by atoms with E-state index < -0.39 is 121 Å². The van der Waals surface area contributed by atoms with Crippen LogP contribution in [0.25, 0.3) is 0 Å². The van der Waals surface area contributed by atoms with E-state index in [2.05, 4.69) is 26.6 Å². The average molecular weight is 735 g/mol. The SMILES string of the molecule is CSCC[C@H](NC(=O)[C@@H](NC(=O)[C@H](CO)NC(=O)[C@@H](NC(=O)[C@@H]1CCCN1C(=O)[C@H](CC(N)=O)NC(=O)[C@@H](N)CO)[C@@H](C)O)C(C)C)C(=O)O. The van der Waals surface area contributed by atoms with Gasteiger partial charge in [-0.1, -0.05) is 13.8 Å². The molecule has 0 aromatic heterocycles. The summed E-state index contributed by atoms with van der Waals surface area (Å²) >= 11 is 1.38. The van der Waals surface area contributed by atoms with Crippen LogP contribution >= 0.6 is 11.8 Å². The van der Waals surface area contributed by atoms with Gasteiger partial charge in [-0.05, 0) is 44.1 Å². The van der Waals surface area contributed by atoms with E-state index in [9.17, 15) is 53.7 Å². The molecule has 1 aliphatic heterocycles. The fourth-order valence-electron chi connectivity index (χ4n) is 4.92. The lowest BCUT2D eigenvalue weighted by Gasteiger charge is -2.31. The summed E-state index contributed by atoms with van der Waals surface area (Å²) in [6.45, 7) is 2.63. The van der Waals surface area contributed by atoms with Gasteiger partial charge in [-0.2, -0.15) is 11.8 Å². The quantitative estimate of drug-likeness (QED) is 0.0524. The van der Waals surface area contributed by atoms with E-state index in [0.717, 1.165) is 11.8 Å². The third kappa shape index (κ3) is 13.3. The van der Waals surface area contributed by atoms with Crippen molar-refractivity contribution < 1.29 is 58.8 Å². The Balaban J connectivity index is 3.07. The van der Waals surface area contributed by atoms with Crippen LogP contribution in [0.3, 0.4) is 0 Å². The standard InChI is InChI=1S/C29H50N8O12S/c1-13(2)21(26(45)32-16(29(48)49)7-9-50-4)35-24(43)18(12-39)34-27(46)22(14(3)40)36-25(44)19-6-5-8-37(19)28(47)17(10-20(31)41)33-23(42)15(30)11-38/h13-19,21-22,38-40H,5-12,30H2,1-4H3,(H2,31,41)(H,32,45)(H,33,42)(H,34,46)(H,35,43)(H,36,44)(H,48,49)/t14-,15+,16+,17+,18+,19+,21+,22+/m1/s1. The Bertz CT molecular complexity index is 1240. The van der Waals surface area contributed by atoms with Crippen LogP contribution in [-0.4, -0.2) is 153 Å². The van der Waals surface area contributed by atoms with Crippen molar-refractivity contribution in [3.63, 3.8) is 0 Å². The second-order valence-corrected chi connectivity index (χ2v) is 13.1. The molecule has 284 valence electrons. The minimum atomic E-state index is -1.71. The van der Waals surface area contributed by atoms with Crippen LogP contribution in [0.2, 0.25) is 0 Å². The molecule has 7 amide bonds. The molecule has 1 fully saturated rings. The Kier molecular flexibility index (Phi) is 18.7. The molecule has 50 heavy (non-hydrogen) atoms. The molecule has 1 saturated heterocycles. The van der Waals surface area contributed by atoms with Gasteiger partial charge in [0.1, 0.15) is 42.3 Å². The van der Waals surface area contributed by atoms with E-state index in [0.29, 0.717) is 12.2 Å². The lowest BCUT2D eigenvalue weighted by molar-refractivity contribution is -0.144. The molecule has 0 aliphatic carbocycles. The molecule has 0 unspecified atom stereocenters. The van der Waals surface area contributed by atoms with Gasteiger partial charge in [0.25, 0.3) is 0 Å². The highest BCUT2D eigenvalue weighted by Gasteiger charge is 2.41. The Morgan fingerprint density at radius 1 is 0.820 bits per heavy atom. The minimum Gasteiger partial charge on any atom is -0.480 e. The van der Waals surface area contributed by atoms with Crippen molar-refractivity contribution in [1.29, 1.82) is 0 Å². The van der Waals surface area contributed by atoms with Crippen molar-refractivity contribution in [2.24, 2.45) is 17.4 Å². The number of carboxylic acids is 1. The van der Waals surface area contributed by atoms with E-state index in [4.69, 9.17) is 16.6 Å². The maximum atomic E-state index is 13.3. The molecule has 1 rings (SSSR count). The number of aliphatic carboxylic acids is 1. The summed E-state index contributed by atoms with van der Waals surface area (Å²) < 4.78 is 0. The van der Waals surface area contributed by atoms with Crippen LogP contribution in [0, 0.1) is 5.92 Å². The number of rotatable bonds is 21. The summed E-state index contributed by atoms with van der Waals surface area (Å²) in [5.74, 6) is -7.96. The molecular weight excluding hydrogens is 684 g/mol. The van der Waals surface area contributed by atoms with Gasteiger partial charge in [-0.15, -0.1) is 0 Å². The molecule has 20 nitrogen and oxygen atoms in total. The molecule has 0 spiro atoms. The van der Waals surface area contributed by atoms with Crippen LogP contribution < -0.4 is 38.1 Å². The number of hydrogen-bond acceptors (Lipinski definition) is 13. The first-order chi connectivity index (χ1) is 23.4. The van der Waals surface area contributed by atoms with Gasteiger partial charge in [-0.3, -0.25) is 33.6 Å². The van der Waals surface area contributed by atoms with E-state index >= 15 is 0 Å². The first-order valence-electron chi connectivity index (χ1n) is 15.9. The van der Waals surface area contributed by atoms with Gasteiger partial charge in [0.05, 0.1) is 25.7 Å². The maximum Gasteiger partial charge on any atom is 0.326 e. The topological polar surface area (TPSA) is 333 Å². The van der Waals surface area contributed by atoms with Crippen molar-refractivity contribution in [3.8, 4) is 0 Å². The summed E-state index contributed by atoms with van der Waals surface area (Å²) in [6, 6.07) is -10.0. The largest absolute Gasteiger partial charge is 0.480 e. The summed E-state index contributed by atoms with van der Waals surface area (Å²) in [4.78, 5) is 102. The molecule has 0 bridgehead atoms. The van der Waals surface area contributed by atoms with Crippen LogP contribution in [0.5, 0.6) is 0 Å². The number of nitrogens with two attached hydrogens (primary N) is 2. The summed E-state index contributed by atoms with van der Waals surface area (Å²) in [7, 11) is 0. The number of carboxylic acid groups (broad SMARTS) is 1. The highest BCUT2D eigenvalue weighted by atomic mass is 32.2. The van der Waals surface area contributed by atoms with Gasteiger partial charge in [-0.25, -0.2) is 4.79 Å². The summed E-state index contributed by atoms with van der Waals surface area (Å²) in [6.07, 6.45) is 0.0974. The predicted octanol–water partition coefficient (Wildman–Crippen LogP) is -5.54. The highest BCUT2D eigenvalue weighted by molar-refractivity contribution is 7.98. The molecule has 0 aromatic carbocycles. The molecule has 8 atom stereocenters. The van der Waals surface area contributed by atoms with Crippen LogP contribution in [0.15, 0.2) is 0 Å². The van der Waals surface area contributed by atoms with Crippen molar-refractivity contribution in [1.82, 2.24) is 31.5 Å². The lowest BCUT2D eigenvalue weighted by Crippen LogP contribution is -2.62. The number of hydrogen-bond donors (Lipinski definition) is 11. The van der Waals surface area contributed by atoms with Crippen molar-refractivity contribution in [2.45, 2.75) is 94.9 Å². The van der Waals surface area contributed by atoms with Crippen molar-refractivity contribution in [3.05, 3.63) is 0 Å². The number of carbonyl (C=O) groups excluding carboxylic acids is 7. The highest BCUT2D eigenvalue weighted by Crippen LogP contribution is 2.20. The number of carbonyl (C=O) groups is 8. The number of amides is 7. The molecule has 0 saturated carbocycles. The smallest absolute Gasteiger partial charge is 0.326 e. The zero-order valence-electron chi connectivity index (χ0n) is 28.4. The summed E-state index contributed by atoms with van der Waals surface area (Å²) in [5.41, 5.74) is 10.7. The fraction of sp³-hybridized carbons (Fsp3) is 0.724. The van der Waals surface area contributed by atoms with Crippen molar-refractivity contribution >= 4 is 59.1 Å². The van der Waals surface area contributed by atoms with E-state index in [-0.39, 0.29) is 19.4 Å². The molecule has 1 aliphatic rings. The first kappa shape index (κ1) is 44.0. The van der Waals surface area contributed by atoms with Crippen LogP contribution in [0.4, 0.5) is 0 Å². The zero-order valence-corrected chi connectivity index (χ0v) is 29.2. The third-order valence-corrected chi connectivity index (χ3v) is 8.39. The Morgan fingerprint density at radius 3 is 1.90 bits per heavy atom. The Morgan fingerprint density at radius 2 is 1.40 bits per heavy atom. The van der Waals surface area contributed by atoms with Gasteiger partial charge >= 0.3 is 5.97 Å². The minimum absolute atomic E-state index is 0.0157. The number of aliphatic hydroxyl groups excluding tert-OH is 3. The number of thioether (sulfide) groups is 1. The van der Waals surface area contributed by atoms with E-state index in [1.54, 1.807) is 20.1 Å². The Labute approximate surface area is 293 Å². The predicted molar refractivity (Wildman–Crippen MR) is 178 cm³/mol. The monoisotopic (exact) mass is 734 g/mol. The number of nitrogens with zero attached hydrogens (tertiary/aromatic N) is 1. The lowest BCUT2D eigenvalue weighted by atomic mass is 10.0. The van der Waals surface area contributed by atoms with Gasteiger partial charge < -0.3 is 63.4 Å². The van der Waals surface area contributed by atoms with E-state index in [1.165, 1.54) is 11.8 Å². The molecule has 13 N–H and O–H groups in total. The second-order valence-electron chi connectivity index (χ2n) is 12.1. The van der Waals surface area contributed by atoms with Crippen LogP contribution in [-0.2, 0) is 38.4 Å². The fourth-order valence-corrected chi connectivity index (χ4v) is 5.39. The molecule has 0 radical (unpaired) electrons. The molecular formula is C29H50N8O12S. The summed E-state index contributed by atoms with van der Waals surface area (Å²) in [5, 5.41) is 50.4. The Hall–Kier alpha value is -4.05. The molecule has 21 heteroatoms. The first-order valence-corrected chi connectivity index (χ1v) is 17.3. The average Bonchev–Trinajstić information content (AvgIpc) is 3.54. The zero-order chi connectivity index (χ0) is 38.3. The van der Waals surface area contributed by atoms with E-state index in [1.807, 2.05) is 0 Å². The molecule has 1 heterocycles. The van der Waals surface area contributed by atoms with Gasteiger partial charge in [0, 0.05) is 6.54 Å². The second kappa shape index (κ2) is 21.2.